The fourth-order valence-electron chi connectivity index (χ4n) is 4.43. The van der Waals surface area contributed by atoms with E-state index in [0.717, 1.165) is 5.39 Å². The standard InChI is InChI=1S/C31H21ClN4O6/c1-40-27-15-20(14-24(32)29(27)41-18-19-10-12-22(13-11-19)36(38)39)17-33-35-30(28-16-21-6-2-5-9-26(21)42-28)34-25-8-4-3-7-23(25)31(35)37/h2-17H,18H2,1H3. The van der Waals surface area contributed by atoms with E-state index in [9.17, 15) is 14.9 Å². The molecule has 0 aliphatic heterocycles. The summed E-state index contributed by atoms with van der Waals surface area (Å²) < 4.78 is 18.6. The van der Waals surface area contributed by atoms with Gasteiger partial charge in [0.25, 0.3) is 11.2 Å². The Labute approximate surface area is 243 Å². The van der Waals surface area contributed by atoms with E-state index in [1.165, 1.54) is 30.1 Å². The molecule has 0 amide bonds. The first-order chi connectivity index (χ1) is 20.4. The molecular formula is C31H21ClN4O6. The fourth-order valence-corrected chi connectivity index (χ4v) is 4.70. The summed E-state index contributed by atoms with van der Waals surface area (Å²) in [4.78, 5) is 28.7. The summed E-state index contributed by atoms with van der Waals surface area (Å²) >= 11 is 6.56. The largest absolute Gasteiger partial charge is 0.493 e. The molecule has 0 bridgehead atoms. The van der Waals surface area contributed by atoms with Crippen LogP contribution in [0.5, 0.6) is 11.5 Å². The van der Waals surface area contributed by atoms with Crippen molar-refractivity contribution in [2.45, 2.75) is 6.61 Å². The third-order valence-electron chi connectivity index (χ3n) is 6.50. The minimum atomic E-state index is -0.466. The smallest absolute Gasteiger partial charge is 0.282 e. The number of nitro groups is 1. The molecule has 0 aliphatic carbocycles. The number of rotatable bonds is 8. The van der Waals surface area contributed by atoms with Gasteiger partial charge < -0.3 is 13.9 Å². The highest BCUT2D eigenvalue weighted by Crippen LogP contribution is 2.37. The van der Waals surface area contributed by atoms with Gasteiger partial charge in [-0.3, -0.25) is 14.9 Å². The minimum Gasteiger partial charge on any atom is -0.493 e. The SMILES string of the molecule is COc1cc(C=Nn2c(-c3cc4ccccc4o3)nc3ccccc3c2=O)cc(Cl)c1OCc1ccc([N+](=O)[O-])cc1. The van der Waals surface area contributed by atoms with E-state index in [2.05, 4.69) is 5.10 Å². The van der Waals surface area contributed by atoms with Crippen LogP contribution in [0.3, 0.4) is 0 Å². The number of nitro benzene ring substituents is 1. The Hall–Kier alpha value is -5.48. The maximum absolute atomic E-state index is 13.5. The zero-order valence-electron chi connectivity index (χ0n) is 22.1. The second-order valence-corrected chi connectivity index (χ2v) is 9.62. The molecule has 0 fully saturated rings. The number of methoxy groups -OCH3 is 1. The van der Waals surface area contributed by atoms with Crippen molar-refractivity contribution in [2.75, 3.05) is 7.11 Å². The summed E-state index contributed by atoms with van der Waals surface area (Å²) in [5.41, 5.74) is 2.05. The number of para-hydroxylation sites is 2. The summed E-state index contributed by atoms with van der Waals surface area (Å²) in [6.07, 6.45) is 1.47. The van der Waals surface area contributed by atoms with Crippen molar-refractivity contribution in [3.63, 3.8) is 0 Å². The number of non-ortho nitro benzene ring substituents is 1. The van der Waals surface area contributed by atoms with Crippen LogP contribution in [-0.2, 0) is 6.61 Å². The van der Waals surface area contributed by atoms with Gasteiger partial charge in [0.1, 0.15) is 12.2 Å². The highest BCUT2D eigenvalue weighted by Gasteiger charge is 2.17. The molecule has 0 saturated heterocycles. The maximum atomic E-state index is 13.5. The van der Waals surface area contributed by atoms with Gasteiger partial charge in [0.2, 0.25) is 5.82 Å². The summed E-state index contributed by atoms with van der Waals surface area (Å²) in [6.45, 7) is 0.112. The molecule has 0 N–H and O–H groups in total. The molecule has 0 atom stereocenters. The molecule has 42 heavy (non-hydrogen) atoms. The van der Waals surface area contributed by atoms with E-state index in [-0.39, 0.29) is 28.7 Å². The monoisotopic (exact) mass is 580 g/mol. The van der Waals surface area contributed by atoms with Crippen LogP contribution in [0.25, 0.3) is 33.5 Å². The molecule has 0 spiro atoms. The lowest BCUT2D eigenvalue weighted by Crippen LogP contribution is -2.20. The number of fused-ring (bicyclic) bond motifs is 2. The molecule has 0 radical (unpaired) electrons. The lowest BCUT2D eigenvalue weighted by Gasteiger charge is -2.13. The predicted molar refractivity (Wildman–Crippen MR) is 160 cm³/mol. The lowest BCUT2D eigenvalue weighted by molar-refractivity contribution is -0.384. The zero-order valence-corrected chi connectivity index (χ0v) is 22.8. The molecule has 6 rings (SSSR count). The Morgan fingerprint density at radius 3 is 2.57 bits per heavy atom. The van der Waals surface area contributed by atoms with Gasteiger partial charge in [-0.25, -0.2) is 4.98 Å². The number of aromatic nitrogens is 2. The summed E-state index contributed by atoms with van der Waals surface area (Å²) in [6, 6.07) is 25.7. The van der Waals surface area contributed by atoms with Gasteiger partial charge in [0, 0.05) is 17.5 Å². The molecule has 208 valence electrons. The molecular weight excluding hydrogens is 560 g/mol. The Bertz CT molecular complexity index is 2020. The van der Waals surface area contributed by atoms with Gasteiger partial charge in [0.15, 0.2) is 17.3 Å². The number of hydrogen-bond acceptors (Lipinski definition) is 8. The summed E-state index contributed by atoms with van der Waals surface area (Å²) in [7, 11) is 1.47. The maximum Gasteiger partial charge on any atom is 0.282 e. The van der Waals surface area contributed by atoms with E-state index in [1.54, 1.807) is 42.5 Å². The number of nitrogens with zero attached hydrogens (tertiary/aromatic N) is 4. The number of halogens is 1. The second-order valence-electron chi connectivity index (χ2n) is 9.21. The molecule has 11 heteroatoms. The van der Waals surface area contributed by atoms with Crippen molar-refractivity contribution in [1.82, 2.24) is 9.66 Å². The summed E-state index contributed by atoms with van der Waals surface area (Å²) in [5.74, 6) is 1.27. The fraction of sp³-hybridized carbons (Fsp3) is 0.0645. The van der Waals surface area contributed by atoms with Crippen molar-refractivity contribution in [3.05, 3.63) is 128 Å². The van der Waals surface area contributed by atoms with Crippen LogP contribution < -0.4 is 15.0 Å². The van der Waals surface area contributed by atoms with Crippen LogP contribution in [0.4, 0.5) is 5.69 Å². The van der Waals surface area contributed by atoms with Crippen molar-refractivity contribution >= 4 is 45.4 Å². The molecule has 0 saturated carbocycles. The number of benzene rings is 4. The summed E-state index contributed by atoms with van der Waals surface area (Å²) in [5, 5.41) is 16.9. The molecule has 10 nitrogen and oxygen atoms in total. The average Bonchev–Trinajstić information content (AvgIpc) is 3.44. The normalized spacial score (nSPS) is 11.4. The van der Waals surface area contributed by atoms with Crippen molar-refractivity contribution in [2.24, 2.45) is 5.10 Å². The van der Waals surface area contributed by atoms with Gasteiger partial charge in [-0.2, -0.15) is 9.78 Å². The van der Waals surface area contributed by atoms with Crippen LogP contribution >= 0.6 is 11.6 Å². The van der Waals surface area contributed by atoms with Gasteiger partial charge in [-0.1, -0.05) is 41.9 Å². The Morgan fingerprint density at radius 2 is 1.81 bits per heavy atom. The molecule has 0 unspecified atom stereocenters. The van der Waals surface area contributed by atoms with E-state index < -0.39 is 4.92 Å². The number of ether oxygens (including phenoxy) is 2. The van der Waals surface area contributed by atoms with Crippen molar-refractivity contribution < 1.29 is 18.8 Å². The van der Waals surface area contributed by atoms with E-state index in [1.807, 2.05) is 36.4 Å². The molecule has 0 aliphatic rings. The zero-order chi connectivity index (χ0) is 29.2. The first kappa shape index (κ1) is 26.7. The van der Waals surface area contributed by atoms with Gasteiger partial charge in [0.05, 0.1) is 34.2 Å². The van der Waals surface area contributed by atoms with Crippen molar-refractivity contribution in [3.8, 4) is 23.1 Å². The van der Waals surface area contributed by atoms with E-state index in [0.29, 0.717) is 44.9 Å². The minimum absolute atomic E-state index is 0.0118. The van der Waals surface area contributed by atoms with Crippen LogP contribution in [0.2, 0.25) is 5.02 Å². The van der Waals surface area contributed by atoms with Crippen molar-refractivity contribution in [1.29, 1.82) is 0 Å². The highest BCUT2D eigenvalue weighted by atomic mass is 35.5. The third-order valence-corrected chi connectivity index (χ3v) is 6.78. The first-order valence-corrected chi connectivity index (χ1v) is 13.1. The van der Waals surface area contributed by atoms with Gasteiger partial charge in [-0.05, 0) is 59.7 Å². The Kier molecular flexibility index (Phi) is 7.12. The van der Waals surface area contributed by atoms with Gasteiger partial charge in [-0.15, -0.1) is 0 Å². The molecule has 2 heterocycles. The van der Waals surface area contributed by atoms with E-state index in [4.69, 9.17) is 30.5 Å². The highest BCUT2D eigenvalue weighted by molar-refractivity contribution is 6.32. The first-order valence-electron chi connectivity index (χ1n) is 12.7. The van der Waals surface area contributed by atoms with Crippen LogP contribution in [-0.4, -0.2) is 27.9 Å². The molecule has 6 aromatic rings. The number of furan rings is 1. The quantitative estimate of drug-likeness (QED) is 0.110. The van der Waals surface area contributed by atoms with Crippen LogP contribution in [0, 0.1) is 10.1 Å². The molecule has 4 aromatic carbocycles. The second kappa shape index (κ2) is 11.2. The molecule has 2 aromatic heterocycles. The average molecular weight is 581 g/mol. The van der Waals surface area contributed by atoms with Crippen LogP contribution in [0.15, 0.2) is 105 Å². The van der Waals surface area contributed by atoms with Crippen LogP contribution in [0.1, 0.15) is 11.1 Å². The Morgan fingerprint density at radius 1 is 1.05 bits per heavy atom. The predicted octanol–water partition coefficient (Wildman–Crippen LogP) is 6.84. The third kappa shape index (κ3) is 5.18. The van der Waals surface area contributed by atoms with Gasteiger partial charge >= 0.3 is 0 Å². The Balaban J connectivity index is 1.35. The lowest BCUT2D eigenvalue weighted by atomic mass is 10.2. The topological polar surface area (TPSA) is 122 Å². The van der Waals surface area contributed by atoms with E-state index >= 15 is 0 Å². The number of hydrogen-bond donors (Lipinski definition) is 0.